The van der Waals surface area contributed by atoms with E-state index < -0.39 is 0 Å². The number of aromatic nitrogens is 1. The zero-order valence-electron chi connectivity index (χ0n) is 7.73. The summed E-state index contributed by atoms with van der Waals surface area (Å²) in [6.45, 7) is 0. The molecule has 0 N–H and O–H groups in total. The van der Waals surface area contributed by atoms with E-state index in [1.54, 1.807) is 25.4 Å². The summed E-state index contributed by atoms with van der Waals surface area (Å²) in [6.07, 6.45) is 2.49. The van der Waals surface area contributed by atoms with Crippen molar-refractivity contribution in [2.75, 3.05) is 7.11 Å². The van der Waals surface area contributed by atoms with Crippen LogP contribution in [0, 0.1) is 0 Å². The van der Waals surface area contributed by atoms with Gasteiger partial charge >= 0.3 is 0 Å². The summed E-state index contributed by atoms with van der Waals surface area (Å²) in [5.74, 6) is 0.584. The average Bonchev–Trinajstić information content (AvgIpc) is 2.27. The molecule has 2 rings (SSSR count). The molecule has 70 valence electrons. The van der Waals surface area contributed by atoms with Gasteiger partial charge in [0, 0.05) is 11.6 Å². The Kier molecular flexibility index (Phi) is 2.14. The summed E-state index contributed by atoms with van der Waals surface area (Å²) in [6, 6.07) is 7.24. The first-order valence-electron chi connectivity index (χ1n) is 4.23. The molecule has 0 saturated carbocycles. The lowest BCUT2D eigenvalue weighted by Crippen LogP contribution is -1.92. The molecular weight excluding hydrogens is 178 g/mol. The third-order valence-electron chi connectivity index (χ3n) is 2.12. The largest absolute Gasteiger partial charge is 0.496 e. The molecule has 0 saturated heterocycles. The van der Waals surface area contributed by atoms with Crippen LogP contribution in [0.25, 0.3) is 10.9 Å². The Morgan fingerprint density at radius 2 is 2.21 bits per heavy atom. The van der Waals surface area contributed by atoms with Crippen LogP contribution in [0.15, 0.2) is 30.5 Å². The third kappa shape index (κ3) is 1.23. The van der Waals surface area contributed by atoms with Crippen LogP contribution in [-0.4, -0.2) is 18.4 Å². The number of carbonyl (C=O) groups excluding carboxylic acids is 1. The lowest BCUT2D eigenvalue weighted by atomic mass is 10.1. The standard InChI is InChI=1S/C11H9NO2/c1-14-11-5-4-10-8(9(11)7-13)3-2-6-12-10/h2-7H,1H3. The van der Waals surface area contributed by atoms with Gasteiger partial charge in [-0.1, -0.05) is 6.07 Å². The van der Waals surface area contributed by atoms with Crippen molar-refractivity contribution in [1.29, 1.82) is 0 Å². The average molecular weight is 187 g/mol. The minimum atomic E-state index is 0.554. The van der Waals surface area contributed by atoms with Crippen molar-refractivity contribution >= 4 is 17.2 Å². The highest BCUT2D eigenvalue weighted by atomic mass is 16.5. The first-order chi connectivity index (χ1) is 6.86. The molecule has 0 spiro atoms. The van der Waals surface area contributed by atoms with Gasteiger partial charge in [0.1, 0.15) is 5.75 Å². The SMILES string of the molecule is COc1ccc2ncccc2c1C=O. The van der Waals surface area contributed by atoms with Crippen molar-refractivity contribution in [1.82, 2.24) is 4.98 Å². The van der Waals surface area contributed by atoms with Crippen LogP contribution in [0.5, 0.6) is 5.75 Å². The van der Waals surface area contributed by atoms with E-state index in [0.29, 0.717) is 11.3 Å². The Morgan fingerprint density at radius 1 is 1.36 bits per heavy atom. The third-order valence-corrected chi connectivity index (χ3v) is 2.12. The Morgan fingerprint density at radius 3 is 2.93 bits per heavy atom. The van der Waals surface area contributed by atoms with Crippen LogP contribution >= 0.6 is 0 Å². The van der Waals surface area contributed by atoms with E-state index in [1.165, 1.54) is 0 Å². The second-order valence-corrected chi connectivity index (χ2v) is 2.87. The van der Waals surface area contributed by atoms with Gasteiger partial charge in [-0.3, -0.25) is 9.78 Å². The minimum absolute atomic E-state index is 0.554. The van der Waals surface area contributed by atoms with Crippen molar-refractivity contribution < 1.29 is 9.53 Å². The highest BCUT2D eigenvalue weighted by molar-refractivity contribution is 5.99. The molecule has 2 aromatic rings. The van der Waals surface area contributed by atoms with Crippen molar-refractivity contribution in [2.24, 2.45) is 0 Å². The van der Waals surface area contributed by atoms with E-state index in [4.69, 9.17) is 4.74 Å². The highest BCUT2D eigenvalue weighted by Gasteiger charge is 2.06. The number of methoxy groups -OCH3 is 1. The highest BCUT2D eigenvalue weighted by Crippen LogP contribution is 2.24. The van der Waals surface area contributed by atoms with Crippen LogP contribution in [0.4, 0.5) is 0 Å². The maximum Gasteiger partial charge on any atom is 0.154 e. The smallest absolute Gasteiger partial charge is 0.154 e. The fourth-order valence-electron chi connectivity index (χ4n) is 1.45. The zero-order chi connectivity index (χ0) is 9.97. The van der Waals surface area contributed by atoms with Crippen LogP contribution in [0.3, 0.4) is 0 Å². The van der Waals surface area contributed by atoms with Crippen molar-refractivity contribution in [2.45, 2.75) is 0 Å². The Bertz CT molecular complexity index is 480. The second kappa shape index (κ2) is 3.46. The first kappa shape index (κ1) is 8.69. The van der Waals surface area contributed by atoms with E-state index in [-0.39, 0.29) is 0 Å². The van der Waals surface area contributed by atoms with Crippen molar-refractivity contribution in [3.63, 3.8) is 0 Å². The number of hydrogen-bond donors (Lipinski definition) is 0. The van der Waals surface area contributed by atoms with Gasteiger partial charge in [0.25, 0.3) is 0 Å². The molecule has 0 bridgehead atoms. The predicted molar refractivity (Wildman–Crippen MR) is 53.7 cm³/mol. The molecule has 1 aromatic carbocycles. The Hall–Kier alpha value is -1.90. The van der Waals surface area contributed by atoms with Gasteiger partial charge in [0.15, 0.2) is 6.29 Å². The molecule has 0 unspecified atom stereocenters. The molecule has 1 aromatic heterocycles. The van der Waals surface area contributed by atoms with E-state index in [2.05, 4.69) is 4.98 Å². The fraction of sp³-hybridized carbons (Fsp3) is 0.0909. The number of aldehydes is 1. The lowest BCUT2D eigenvalue weighted by Gasteiger charge is -2.05. The summed E-state index contributed by atoms with van der Waals surface area (Å²) >= 11 is 0. The van der Waals surface area contributed by atoms with Gasteiger partial charge in [-0.25, -0.2) is 0 Å². The van der Waals surface area contributed by atoms with Gasteiger partial charge in [-0.05, 0) is 18.2 Å². The first-order valence-corrected chi connectivity index (χ1v) is 4.23. The quantitative estimate of drug-likeness (QED) is 0.675. The summed E-state index contributed by atoms with van der Waals surface area (Å²) < 4.78 is 5.09. The summed E-state index contributed by atoms with van der Waals surface area (Å²) in [4.78, 5) is 15.0. The van der Waals surface area contributed by atoms with Crippen LogP contribution in [0.2, 0.25) is 0 Å². The molecule has 3 heteroatoms. The molecule has 0 aliphatic heterocycles. The fourth-order valence-corrected chi connectivity index (χ4v) is 1.45. The van der Waals surface area contributed by atoms with Gasteiger partial charge in [0.2, 0.25) is 0 Å². The number of hydrogen-bond acceptors (Lipinski definition) is 3. The predicted octanol–water partition coefficient (Wildman–Crippen LogP) is 2.06. The second-order valence-electron chi connectivity index (χ2n) is 2.87. The number of nitrogens with zero attached hydrogens (tertiary/aromatic N) is 1. The number of benzene rings is 1. The number of ether oxygens (including phenoxy) is 1. The maximum atomic E-state index is 10.9. The molecule has 1 heterocycles. The molecule has 0 amide bonds. The monoisotopic (exact) mass is 187 g/mol. The van der Waals surface area contributed by atoms with Crippen molar-refractivity contribution in [3.05, 3.63) is 36.0 Å². The minimum Gasteiger partial charge on any atom is -0.496 e. The topological polar surface area (TPSA) is 39.2 Å². The number of rotatable bonds is 2. The zero-order valence-corrected chi connectivity index (χ0v) is 7.73. The van der Waals surface area contributed by atoms with Crippen LogP contribution in [0.1, 0.15) is 10.4 Å². The van der Waals surface area contributed by atoms with E-state index in [1.807, 2.05) is 12.1 Å². The Labute approximate surface area is 81.3 Å². The molecule has 3 nitrogen and oxygen atoms in total. The van der Waals surface area contributed by atoms with Crippen LogP contribution in [-0.2, 0) is 0 Å². The molecule has 0 aliphatic rings. The molecule has 0 aliphatic carbocycles. The van der Waals surface area contributed by atoms with Gasteiger partial charge in [0.05, 0.1) is 18.2 Å². The molecule has 14 heavy (non-hydrogen) atoms. The maximum absolute atomic E-state index is 10.9. The molecule has 0 radical (unpaired) electrons. The molecule has 0 atom stereocenters. The number of carbonyl (C=O) groups is 1. The lowest BCUT2D eigenvalue weighted by molar-refractivity contribution is 0.112. The van der Waals surface area contributed by atoms with E-state index in [0.717, 1.165) is 17.2 Å². The summed E-state index contributed by atoms with van der Waals surface area (Å²) in [5, 5.41) is 0.821. The van der Waals surface area contributed by atoms with E-state index in [9.17, 15) is 4.79 Å². The molecule has 0 fully saturated rings. The van der Waals surface area contributed by atoms with Gasteiger partial charge in [-0.15, -0.1) is 0 Å². The summed E-state index contributed by atoms with van der Waals surface area (Å²) in [7, 11) is 1.55. The molecular formula is C11H9NO2. The normalized spacial score (nSPS) is 10.1. The van der Waals surface area contributed by atoms with Crippen molar-refractivity contribution in [3.8, 4) is 5.75 Å². The van der Waals surface area contributed by atoms with Crippen LogP contribution < -0.4 is 4.74 Å². The van der Waals surface area contributed by atoms with Gasteiger partial charge in [-0.2, -0.15) is 0 Å². The summed E-state index contributed by atoms with van der Waals surface area (Å²) in [5.41, 5.74) is 1.36. The Balaban J connectivity index is 2.83. The number of pyridine rings is 1. The van der Waals surface area contributed by atoms with Gasteiger partial charge < -0.3 is 4.74 Å². The number of fused-ring (bicyclic) bond motifs is 1. The van der Waals surface area contributed by atoms with E-state index >= 15 is 0 Å².